The second-order valence-corrected chi connectivity index (χ2v) is 2.52. The molecule has 1 unspecified atom stereocenters. The summed E-state index contributed by atoms with van der Waals surface area (Å²) in [5.41, 5.74) is 8.73. The van der Waals surface area contributed by atoms with Crippen molar-refractivity contribution in [2.45, 2.75) is 6.04 Å². The molecule has 0 aliphatic carbocycles. The predicted molar refractivity (Wildman–Crippen MR) is 49.8 cm³/mol. The number of pyridine rings is 1. The van der Waals surface area contributed by atoms with E-state index in [0.29, 0.717) is 11.4 Å². The van der Waals surface area contributed by atoms with Crippen LogP contribution < -0.4 is 4.74 Å². The summed E-state index contributed by atoms with van der Waals surface area (Å²) in [6.45, 7) is -0.274. The van der Waals surface area contributed by atoms with Crippen molar-refractivity contribution in [2.24, 2.45) is 5.11 Å². The molecule has 1 aromatic heterocycles. The summed E-state index contributed by atoms with van der Waals surface area (Å²) >= 11 is 0. The Kier molecular flexibility index (Phi) is 3.72. The maximum Gasteiger partial charge on any atom is 0.122 e. The first-order valence-electron chi connectivity index (χ1n) is 3.96. The van der Waals surface area contributed by atoms with E-state index < -0.39 is 6.04 Å². The molecule has 0 amide bonds. The molecule has 0 saturated heterocycles. The lowest BCUT2D eigenvalue weighted by Crippen LogP contribution is -2.02. The van der Waals surface area contributed by atoms with Gasteiger partial charge in [0, 0.05) is 17.2 Å². The summed E-state index contributed by atoms with van der Waals surface area (Å²) in [4.78, 5) is 6.60. The van der Waals surface area contributed by atoms with Crippen LogP contribution in [0.4, 0.5) is 0 Å². The predicted octanol–water partition coefficient (Wildman–Crippen LogP) is 1.43. The van der Waals surface area contributed by atoms with Gasteiger partial charge >= 0.3 is 0 Å². The Morgan fingerprint density at radius 2 is 2.57 bits per heavy atom. The average Bonchev–Trinajstić information content (AvgIpc) is 2.26. The van der Waals surface area contributed by atoms with Gasteiger partial charge in [0.2, 0.25) is 0 Å². The van der Waals surface area contributed by atoms with Gasteiger partial charge in [-0.15, -0.1) is 0 Å². The van der Waals surface area contributed by atoms with Gasteiger partial charge in [0.25, 0.3) is 0 Å². The van der Waals surface area contributed by atoms with Crippen molar-refractivity contribution in [3.63, 3.8) is 0 Å². The summed E-state index contributed by atoms with van der Waals surface area (Å²) in [5, 5.41) is 12.3. The third kappa shape index (κ3) is 2.35. The number of aliphatic hydroxyl groups excluding tert-OH is 1. The second-order valence-electron chi connectivity index (χ2n) is 2.52. The molecule has 1 aromatic rings. The second kappa shape index (κ2) is 5.06. The van der Waals surface area contributed by atoms with Crippen molar-refractivity contribution in [1.29, 1.82) is 0 Å². The SMILES string of the molecule is COc1ccnc(C(CO)N=[N+]=[N-])c1. The Morgan fingerprint density at radius 3 is 3.14 bits per heavy atom. The maximum atomic E-state index is 8.93. The zero-order chi connectivity index (χ0) is 10.4. The normalized spacial score (nSPS) is 11.6. The number of azide groups is 1. The standard InChI is InChI=1S/C8H10N4O2/c1-14-6-2-3-10-7(4-6)8(5-13)11-12-9/h2-4,8,13H,5H2,1H3. The molecule has 74 valence electrons. The van der Waals surface area contributed by atoms with Crippen LogP contribution in [0.5, 0.6) is 5.75 Å². The van der Waals surface area contributed by atoms with Crippen molar-refractivity contribution >= 4 is 0 Å². The van der Waals surface area contributed by atoms with Crippen LogP contribution in [0.25, 0.3) is 10.4 Å². The van der Waals surface area contributed by atoms with Crippen LogP contribution in [0.3, 0.4) is 0 Å². The number of hydrogen-bond donors (Lipinski definition) is 1. The highest BCUT2D eigenvalue weighted by molar-refractivity contribution is 5.24. The van der Waals surface area contributed by atoms with Crippen LogP contribution in [0, 0.1) is 0 Å². The van der Waals surface area contributed by atoms with Gasteiger partial charge in [-0.25, -0.2) is 0 Å². The van der Waals surface area contributed by atoms with E-state index in [9.17, 15) is 0 Å². The number of hydrogen-bond acceptors (Lipinski definition) is 4. The van der Waals surface area contributed by atoms with Gasteiger partial charge in [-0.05, 0) is 11.6 Å². The van der Waals surface area contributed by atoms with E-state index >= 15 is 0 Å². The van der Waals surface area contributed by atoms with Crippen LogP contribution in [-0.4, -0.2) is 23.8 Å². The van der Waals surface area contributed by atoms with E-state index in [4.69, 9.17) is 15.4 Å². The van der Waals surface area contributed by atoms with Crippen LogP contribution in [0.2, 0.25) is 0 Å². The van der Waals surface area contributed by atoms with Gasteiger partial charge < -0.3 is 9.84 Å². The minimum absolute atomic E-state index is 0.274. The Hall–Kier alpha value is -1.78. The summed E-state index contributed by atoms with van der Waals surface area (Å²) in [6, 6.07) is 2.64. The maximum absolute atomic E-state index is 8.93. The summed E-state index contributed by atoms with van der Waals surface area (Å²) < 4.78 is 4.97. The van der Waals surface area contributed by atoms with Crippen molar-refractivity contribution in [3.8, 4) is 5.75 Å². The first-order valence-corrected chi connectivity index (χ1v) is 3.96. The number of methoxy groups -OCH3 is 1. The summed E-state index contributed by atoms with van der Waals surface area (Å²) in [7, 11) is 1.53. The summed E-state index contributed by atoms with van der Waals surface area (Å²) in [5.74, 6) is 0.613. The van der Waals surface area contributed by atoms with Crippen LogP contribution >= 0.6 is 0 Å². The summed E-state index contributed by atoms with van der Waals surface area (Å²) in [6.07, 6.45) is 1.53. The minimum atomic E-state index is -0.657. The average molecular weight is 194 g/mol. The number of ether oxygens (including phenoxy) is 1. The van der Waals surface area contributed by atoms with Gasteiger partial charge in [-0.3, -0.25) is 4.98 Å². The number of rotatable bonds is 4. The lowest BCUT2D eigenvalue weighted by Gasteiger charge is -2.07. The van der Waals surface area contributed by atoms with Gasteiger partial charge in [0.15, 0.2) is 0 Å². The van der Waals surface area contributed by atoms with Crippen molar-refractivity contribution in [1.82, 2.24) is 4.98 Å². The van der Waals surface area contributed by atoms with Crippen molar-refractivity contribution in [3.05, 3.63) is 34.5 Å². The molecule has 1 atom stereocenters. The van der Waals surface area contributed by atoms with Gasteiger partial charge in [0.05, 0.1) is 19.4 Å². The van der Waals surface area contributed by atoms with Gasteiger partial charge in [0.1, 0.15) is 11.8 Å². The molecule has 0 aromatic carbocycles. The number of nitrogens with zero attached hydrogens (tertiary/aromatic N) is 4. The molecule has 1 heterocycles. The monoisotopic (exact) mass is 194 g/mol. The first kappa shape index (κ1) is 10.3. The third-order valence-electron chi connectivity index (χ3n) is 1.69. The van der Waals surface area contributed by atoms with Crippen LogP contribution in [0.15, 0.2) is 23.4 Å². The van der Waals surface area contributed by atoms with Gasteiger partial charge in [-0.2, -0.15) is 0 Å². The molecule has 14 heavy (non-hydrogen) atoms. The third-order valence-corrected chi connectivity index (χ3v) is 1.69. The molecule has 0 spiro atoms. The molecule has 0 radical (unpaired) electrons. The molecular weight excluding hydrogens is 184 g/mol. The molecule has 1 N–H and O–H groups in total. The molecule has 6 heteroatoms. The highest BCUT2D eigenvalue weighted by atomic mass is 16.5. The van der Waals surface area contributed by atoms with Crippen molar-refractivity contribution < 1.29 is 9.84 Å². The van der Waals surface area contributed by atoms with E-state index in [1.54, 1.807) is 12.1 Å². The fraction of sp³-hybridized carbons (Fsp3) is 0.375. The molecule has 0 aliphatic heterocycles. The quantitative estimate of drug-likeness (QED) is 0.446. The lowest BCUT2D eigenvalue weighted by atomic mass is 10.2. The zero-order valence-corrected chi connectivity index (χ0v) is 7.66. The molecular formula is C8H10N4O2. The lowest BCUT2D eigenvalue weighted by molar-refractivity contribution is 0.265. The molecule has 0 saturated carbocycles. The van der Waals surface area contributed by atoms with Crippen LogP contribution in [-0.2, 0) is 0 Å². The van der Waals surface area contributed by atoms with Gasteiger partial charge in [-0.1, -0.05) is 5.11 Å². The molecule has 6 nitrogen and oxygen atoms in total. The topological polar surface area (TPSA) is 91.1 Å². The Bertz CT molecular complexity index is 349. The molecule has 0 aliphatic rings. The molecule has 1 rings (SSSR count). The van der Waals surface area contributed by atoms with E-state index in [-0.39, 0.29) is 6.61 Å². The number of aliphatic hydroxyl groups is 1. The Morgan fingerprint density at radius 1 is 1.79 bits per heavy atom. The zero-order valence-electron chi connectivity index (χ0n) is 7.66. The van der Waals surface area contributed by atoms with E-state index in [1.165, 1.54) is 13.3 Å². The smallest absolute Gasteiger partial charge is 0.122 e. The largest absolute Gasteiger partial charge is 0.497 e. The fourth-order valence-electron chi connectivity index (χ4n) is 0.989. The van der Waals surface area contributed by atoms with Crippen molar-refractivity contribution in [2.75, 3.05) is 13.7 Å². The fourth-order valence-corrected chi connectivity index (χ4v) is 0.989. The minimum Gasteiger partial charge on any atom is -0.497 e. The van der Waals surface area contributed by atoms with Crippen LogP contribution in [0.1, 0.15) is 11.7 Å². The highest BCUT2D eigenvalue weighted by Crippen LogP contribution is 2.18. The number of aromatic nitrogens is 1. The van der Waals surface area contributed by atoms with E-state index in [1.807, 2.05) is 0 Å². The Labute approximate surface area is 80.8 Å². The highest BCUT2D eigenvalue weighted by Gasteiger charge is 2.09. The molecule has 0 bridgehead atoms. The Balaban J connectivity index is 2.97. The van der Waals surface area contributed by atoms with E-state index in [0.717, 1.165) is 0 Å². The van der Waals surface area contributed by atoms with E-state index in [2.05, 4.69) is 15.0 Å². The molecule has 0 fully saturated rings. The first-order chi connectivity index (χ1) is 6.81.